The first-order chi connectivity index (χ1) is 33.7. The molecular weight excluding hydrogens is 821 g/mol. The molecule has 0 N–H and O–H groups in total. The lowest BCUT2D eigenvalue weighted by molar-refractivity contribution is 1.20. The standard InChI is InChI=1S/C66H44N2/c1-3-16-45(17-4-1)50-22-15-23-55(43-50)67(54-37-32-49(33-38-54)62-44-52(46-18-5-2-6-19-46)42-51-21-8-9-24-56(51)62)53-35-30-48(31-36-53)57-39-41-64(60-27-12-11-26-59(57)60)68-63-29-14-13-28-61(63)66-58-25-10-7-20-47(58)34-40-65(66)68/h1-44H. The Labute approximate surface area is 395 Å². The summed E-state index contributed by atoms with van der Waals surface area (Å²) in [6.45, 7) is 0. The van der Waals surface area contributed by atoms with Gasteiger partial charge in [0.25, 0.3) is 0 Å². The van der Waals surface area contributed by atoms with Gasteiger partial charge in [0.15, 0.2) is 0 Å². The number of para-hydroxylation sites is 1. The van der Waals surface area contributed by atoms with Gasteiger partial charge in [0, 0.05) is 33.2 Å². The Morgan fingerprint density at radius 2 is 0.809 bits per heavy atom. The Bertz CT molecular complexity index is 4000. The van der Waals surface area contributed by atoms with Crippen LogP contribution in [0.3, 0.4) is 0 Å². The summed E-state index contributed by atoms with van der Waals surface area (Å²) in [4.78, 5) is 2.38. The van der Waals surface area contributed by atoms with E-state index in [0.717, 1.165) is 17.1 Å². The lowest BCUT2D eigenvalue weighted by atomic mass is 9.93. The molecule has 2 nitrogen and oxygen atoms in total. The van der Waals surface area contributed by atoms with Crippen molar-refractivity contribution in [2.45, 2.75) is 0 Å². The maximum atomic E-state index is 2.46. The topological polar surface area (TPSA) is 8.17 Å². The predicted octanol–water partition coefficient (Wildman–Crippen LogP) is 18.4. The molecule has 13 aromatic rings. The second kappa shape index (κ2) is 16.5. The third-order valence-corrected chi connectivity index (χ3v) is 13.8. The third-order valence-electron chi connectivity index (χ3n) is 13.8. The van der Waals surface area contributed by atoms with Crippen molar-refractivity contribution in [3.8, 4) is 50.2 Å². The molecule has 318 valence electrons. The summed E-state index contributed by atoms with van der Waals surface area (Å²) < 4.78 is 2.46. The van der Waals surface area contributed by atoms with Gasteiger partial charge in [-0.15, -0.1) is 0 Å². The second-order valence-corrected chi connectivity index (χ2v) is 17.7. The summed E-state index contributed by atoms with van der Waals surface area (Å²) in [7, 11) is 0. The molecular formula is C66H44N2. The summed E-state index contributed by atoms with van der Waals surface area (Å²) in [5.41, 5.74) is 16.4. The van der Waals surface area contributed by atoms with Gasteiger partial charge in [-0.2, -0.15) is 0 Å². The van der Waals surface area contributed by atoms with Gasteiger partial charge in [-0.3, -0.25) is 0 Å². The molecule has 1 aromatic heterocycles. The highest BCUT2D eigenvalue weighted by Gasteiger charge is 2.19. The zero-order chi connectivity index (χ0) is 45.0. The zero-order valence-electron chi connectivity index (χ0n) is 37.3. The molecule has 12 aromatic carbocycles. The number of hydrogen-bond acceptors (Lipinski definition) is 1. The molecule has 0 atom stereocenters. The lowest BCUT2D eigenvalue weighted by Crippen LogP contribution is -2.10. The molecule has 0 unspecified atom stereocenters. The Morgan fingerprint density at radius 1 is 0.250 bits per heavy atom. The normalized spacial score (nSPS) is 11.5. The number of rotatable bonds is 8. The highest BCUT2D eigenvalue weighted by atomic mass is 15.1. The van der Waals surface area contributed by atoms with Gasteiger partial charge in [0.2, 0.25) is 0 Å². The van der Waals surface area contributed by atoms with Crippen LogP contribution in [0.15, 0.2) is 267 Å². The van der Waals surface area contributed by atoms with E-state index >= 15 is 0 Å². The van der Waals surface area contributed by atoms with E-state index in [-0.39, 0.29) is 0 Å². The summed E-state index contributed by atoms with van der Waals surface area (Å²) in [5, 5.41) is 10.00. The Hall–Kier alpha value is -8.98. The lowest BCUT2D eigenvalue weighted by Gasteiger charge is -2.26. The first kappa shape index (κ1) is 39.4. The van der Waals surface area contributed by atoms with Crippen LogP contribution in [0.1, 0.15) is 0 Å². The summed E-state index contributed by atoms with van der Waals surface area (Å²) in [6, 6.07) is 97.4. The third kappa shape index (κ3) is 6.73. The van der Waals surface area contributed by atoms with E-state index in [1.807, 2.05) is 0 Å². The number of nitrogens with zero attached hydrogens (tertiary/aromatic N) is 2. The molecule has 0 saturated heterocycles. The minimum absolute atomic E-state index is 1.08. The maximum absolute atomic E-state index is 2.46. The molecule has 0 fully saturated rings. The first-order valence-electron chi connectivity index (χ1n) is 23.4. The molecule has 0 spiro atoms. The van der Waals surface area contributed by atoms with E-state index < -0.39 is 0 Å². The van der Waals surface area contributed by atoms with Crippen LogP contribution in [0.25, 0.3) is 104 Å². The molecule has 0 saturated carbocycles. The van der Waals surface area contributed by atoms with E-state index in [1.54, 1.807) is 0 Å². The fraction of sp³-hybridized carbons (Fsp3) is 0. The van der Waals surface area contributed by atoms with Gasteiger partial charge >= 0.3 is 0 Å². The fourth-order valence-electron chi connectivity index (χ4n) is 10.6. The van der Waals surface area contributed by atoms with Gasteiger partial charge in [0.1, 0.15) is 0 Å². The van der Waals surface area contributed by atoms with E-state index in [9.17, 15) is 0 Å². The molecule has 0 aliphatic heterocycles. The summed E-state index contributed by atoms with van der Waals surface area (Å²) in [5.74, 6) is 0. The number of aromatic nitrogens is 1. The minimum atomic E-state index is 1.08. The van der Waals surface area contributed by atoms with Crippen molar-refractivity contribution in [1.82, 2.24) is 4.57 Å². The number of hydrogen-bond donors (Lipinski definition) is 0. The molecule has 13 rings (SSSR count). The molecule has 0 aliphatic rings. The average molecular weight is 865 g/mol. The summed E-state index contributed by atoms with van der Waals surface area (Å²) in [6.07, 6.45) is 0. The van der Waals surface area contributed by atoms with Gasteiger partial charge in [-0.05, 0) is 138 Å². The fourth-order valence-corrected chi connectivity index (χ4v) is 10.6. The van der Waals surface area contributed by atoms with Gasteiger partial charge < -0.3 is 9.47 Å². The maximum Gasteiger partial charge on any atom is 0.0547 e. The van der Waals surface area contributed by atoms with Crippen molar-refractivity contribution >= 4 is 71.2 Å². The Kier molecular flexibility index (Phi) is 9.54. The van der Waals surface area contributed by atoms with E-state index in [0.29, 0.717) is 0 Å². The van der Waals surface area contributed by atoms with Crippen LogP contribution in [0.4, 0.5) is 17.1 Å². The monoisotopic (exact) mass is 864 g/mol. The highest BCUT2D eigenvalue weighted by Crippen LogP contribution is 2.43. The van der Waals surface area contributed by atoms with Crippen LogP contribution in [-0.2, 0) is 0 Å². The smallest absolute Gasteiger partial charge is 0.0547 e. The van der Waals surface area contributed by atoms with Crippen LogP contribution >= 0.6 is 0 Å². The minimum Gasteiger partial charge on any atom is -0.310 e. The molecule has 0 bridgehead atoms. The van der Waals surface area contributed by atoms with Crippen molar-refractivity contribution in [3.63, 3.8) is 0 Å². The van der Waals surface area contributed by atoms with Gasteiger partial charge in [-0.25, -0.2) is 0 Å². The molecule has 2 heteroatoms. The molecule has 0 aliphatic carbocycles. The van der Waals surface area contributed by atoms with Gasteiger partial charge in [0.05, 0.1) is 16.7 Å². The average Bonchev–Trinajstić information content (AvgIpc) is 3.76. The molecule has 1 heterocycles. The summed E-state index contributed by atoms with van der Waals surface area (Å²) >= 11 is 0. The van der Waals surface area contributed by atoms with Crippen molar-refractivity contribution in [1.29, 1.82) is 0 Å². The SMILES string of the molecule is c1ccc(-c2cccc(N(c3ccc(-c4cc(-c5ccccc5)cc5ccccc45)cc3)c3ccc(-c4ccc(-n5c6ccccc6c6c7ccccc7ccc65)c5ccccc45)cc3)c2)cc1. The van der Waals surface area contributed by atoms with Gasteiger partial charge in [-0.1, -0.05) is 200 Å². The highest BCUT2D eigenvalue weighted by molar-refractivity contribution is 6.22. The van der Waals surface area contributed by atoms with E-state index in [1.165, 1.54) is 104 Å². The molecule has 0 radical (unpaired) electrons. The van der Waals surface area contributed by atoms with Crippen molar-refractivity contribution in [3.05, 3.63) is 267 Å². The quantitative estimate of drug-likeness (QED) is 0.148. The Balaban J connectivity index is 0.917. The second-order valence-electron chi connectivity index (χ2n) is 17.7. The number of benzene rings is 12. The van der Waals surface area contributed by atoms with Crippen molar-refractivity contribution in [2.24, 2.45) is 0 Å². The van der Waals surface area contributed by atoms with Crippen molar-refractivity contribution < 1.29 is 0 Å². The number of anilines is 3. The largest absolute Gasteiger partial charge is 0.310 e. The zero-order valence-corrected chi connectivity index (χ0v) is 37.3. The predicted molar refractivity (Wildman–Crippen MR) is 290 cm³/mol. The van der Waals surface area contributed by atoms with E-state index in [2.05, 4.69) is 276 Å². The Morgan fingerprint density at radius 3 is 1.53 bits per heavy atom. The molecule has 0 amide bonds. The van der Waals surface area contributed by atoms with Crippen LogP contribution in [0.2, 0.25) is 0 Å². The van der Waals surface area contributed by atoms with Crippen LogP contribution in [-0.4, -0.2) is 4.57 Å². The van der Waals surface area contributed by atoms with Crippen LogP contribution < -0.4 is 4.90 Å². The van der Waals surface area contributed by atoms with E-state index in [4.69, 9.17) is 0 Å². The van der Waals surface area contributed by atoms with Crippen LogP contribution in [0, 0.1) is 0 Å². The first-order valence-corrected chi connectivity index (χ1v) is 23.4. The number of fused-ring (bicyclic) bond motifs is 7. The molecule has 68 heavy (non-hydrogen) atoms. The van der Waals surface area contributed by atoms with Crippen LogP contribution in [0.5, 0.6) is 0 Å². The van der Waals surface area contributed by atoms with Crippen molar-refractivity contribution in [2.75, 3.05) is 4.90 Å².